The van der Waals surface area contributed by atoms with E-state index in [0.717, 1.165) is 12.8 Å². The first-order chi connectivity index (χ1) is 7.51. The van der Waals surface area contributed by atoms with E-state index in [1.54, 1.807) is 0 Å². The van der Waals surface area contributed by atoms with Crippen molar-refractivity contribution in [1.82, 2.24) is 4.90 Å². The highest BCUT2D eigenvalue weighted by Gasteiger charge is 2.53. The van der Waals surface area contributed by atoms with Gasteiger partial charge in [0.1, 0.15) is 18.8 Å². The van der Waals surface area contributed by atoms with Gasteiger partial charge < -0.3 is 19.8 Å². The molecule has 6 nitrogen and oxygen atoms in total. The number of carboxylic acid groups (broad SMARTS) is 1. The molecule has 16 heavy (non-hydrogen) atoms. The van der Waals surface area contributed by atoms with Gasteiger partial charge in [0.05, 0.1) is 13.1 Å². The maximum atomic E-state index is 11.4. The third kappa shape index (κ3) is 2.33. The second-order valence-corrected chi connectivity index (χ2v) is 4.51. The van der Waals surface area contributed by atoms with Crippen molar-refractivity contribution < 1.29 is 24.5 Å². The number of rotatable bonds is 5. The van der Waals surface area contributed by atoms with Gasteiger partial charge in [-0.05, 0) is 18.8 Å². The van der Waals surface area contributed by atoms with E-state index in [1.807, 2.05) is 0 Å². The van der Waals surface area contributed by atoms with Gasteiger partial charge in [-0.1, -0.05) is 0 Å². The van der Waals surface area contributed by atoms with E-state index in [2.05, 4.69) is 4.74 Å². The highest BCUT2D eigenvalue weighted by Crippen LogP contribution is 2.44. The molecule has 0 unspecified atom stereocenters. The van der Waals surface area contributed by atoms with E-state index >= 15 is 0 Å². The summed E-state index contributed by atoms with van der Waals surface area (Å²) in [6, 6.07) is 0. The number of aliphatic carboxylic acids is 1. The summed E-state index contributed by atoms with van der Waals surface area (Å²) in [5.74, 6) is -1.01. The molecule has 90 valence electrons. The van der Waals surface area contributed by atoms with Gasteiger partial charge >= 0.3 is 5.97 Å². The molecular weight excluding hydrogens is 214 g/mol. The minimum atomic E-state index is -1.09. The molecule has 2 N–H and O–H groups in total. The lowest BCUT2D eigenvalue weighted by molar-refractivity contribution is -0.164. The molecule has 0 atom stereocenters. The number of hydrogen-bond donors (Lipinski definition) is 2. The van der Waals surface area contributed by atoms with E-state index in [1.165, 1.54) is 4.90 Å². The Hall–Kier alpha value is -1.14. The summed E-state index contributed by atoms with van der Waals surface area (Å²) in [5, 5.41) is 18.3. The predicted octanol–water partition coefficient (Wildman–Crippen LogP) is -0.929. The van der Waals surface area contributed by atoms with Crippen LogP contribution in [0.3, 0.4) is 0 Å². The number of nitrogens with zero attached hydrogens (tertiary/aromatic N) is 1. The van der Waals surface area contributed by atoms with Crippen LogP contribution in [-0.2, 0) is 14.3 Å². The Morgan fingerprint density at radius 1 is 1.31 bits per heavy atom. The zero-order valence-corrected chi connectivity index (χ0v) is 8.89. The quantitative estimate of drug-likeness (QED) is 0.636. The average Bonchev–Trinajstić information content (AvgIpc) is 2.95. The van der Waals surface area contributed by atoms with Gasteiger partial charge in [-0.25, -0.2) is 4.79 Å². The van der Waals surface area contributed by atoms with Crippen molar-refractivity contribution >= 4 is 11.9 Å². The van der Waals surface area contributed by atoms with Crippen molar-refractivity contribution in [2.45, 2.75) is 18.4 Å². The van der Waals surface area contributed by atoms with Crippen LogP contribution in [0, 0.1) is 5.92 Å². The molecule has 0 spiro atoms. The van der Waals surface area contributed by atoms with E-state index in [9.17, 15) is 14.7 Å². The molecule has 0 radical (unpaired) electrons. The minimum absolute atomic E-state index is 0.229. The fourth-order valence-electron chi connectivity index (χ4n) is 1.99. The van der Waals surface area contributed by atoms with Gasteiger partial charge in [0.2, 0.25) is 5.91 Å². The molecule has 1 aliphatic heterocycles. The molecule has 1 heterocycles. The van der Waals surface area contributed by atoms with Crippen molar-refractivity contribution in [2.75, 3.05) is 26.3 Å². The largest absolute Gasteiger partial charge is 0.480 e. The van der Waals surface area contributed by atoms with Gasteiger partial charge in [0.25, 0.3) is 0 Å². The minimum Gasteiger partial charge on any atom is -0.480 e. The van der Waals surface area contributed by atoms with Crippen molar-refractivity contribution in [3.8, 4) is 0 Å². The maximum absolute atomic E-state index is 11.4. The maximum Gasteiger partial charge on any atom is 0.329 e. The van der Waals surface area contributed by atoms with Crippen molar-refractivity contribution in [1.29, 1.82) is 0 Å². The summed E-state index contributed by atoms with van der Waals surface area (Å²) in [5.41, 5.74) is -0.692. The summed E-state index contributed by atoms with van der Waals surface area (Å²) in [7, 11) is 0. The van der Waals surface area contributed by atoms with Gasteiger partial charge in [0, 0.05) is 0 Å². The van der Waals surface area contributed by atoms with Gasteiger partial charge in [0.15, 0.2) is 0 Å². The summed E-state index contributed by atoms with van der Waals surface area (Å²) >= 11 is 0. The standard InChI is InChI=1S/C10H15NO5/c12-8(3-16-4-9(13)14)11-5-10(15,6-11)7-1-2-7/h7,15H,1-6H2,(H,13,14). The molecule has 2 fully saturated rings. The fourth-order valence-corrected chi connectivity index (χ4v) is 1.99. The van der Waals surface area contributed by atoms with Crippen LogP contribution in [-0.4, -0.2) is 58.9 Å². The Bertz CT molecular complexity index is 306. The lowest BCUT2D eigenvalue weighted by Crippen LogP contribution is -2.65. The number of aliphatic hydroxyl groups is 1. The lowest BCUT2D eigenvalue weighted by Gasteiger charge is -2.46. The van der Waals surface area contributed by atoms with Crippen LogP contribution >= 0.6 is 0 Å². The second kappa shape index (κ2) is 4.03. The second-order valence-electron chi connectivity index (χ2n) is 4.51. The van der Waals surface area contributed by atoms with Gasteiger partial charge in [-0.15, -0.1) is 0 Å². The number of β-amino-alcohol motifs (C(OH)–C–C–N with tert-alkyl or cyclic N) is 1. The molecule has 2 rings (SSSR count). The third-order valence-corrected chi connectivity index (χ3v) is 3.07. The average molecular weight is 229 g/mol. The topological polar surface area (TPSA) is 87.1 Å². The van der Waals surface area contributed by atoms with Crippen LogP contribution in [0.4, 0.5) is 0 Å². The summed E-state index contributed by atoms with van der Waals surface area (Å²) in [6.07, 6.45) is 2.07. The molecule has 1 aliphatic carbocycles. The highest BCUT2D eigenvalue weighted by atomic mass is 16.5. The fraction of sp³-hybridized carbons (Fsp3) is 0.800. The van der Waals surface area contributed by atoms with Crippen molar-refractivity contribution in [3.63, 3.8) is 0 Å². The van der Waals surface area contributed by atoms with E-state index in [0.29, 0.717) is 19.0 Å². The molecule has 1 saturated heterocycles. The number of amides is 1. The molecule has 1 saturated carbocycles. The molecule has 2 aliphatic rings. The van der Waals surface area contributed by atoms with Crippen LogP contribution in [0.1, 0.15) is 12.8 Å². The molecule has 0 aromatic rings. The number of likely N-dealkylation sites (tertiary alicyclic amines) is 1. The van der Waals surface area contributed by atoms with Crippen molar-refractivity contribution in [2.24, 2.45) is 5.92 Å². The number of carbonyl (C=O) groups is 2. The molecule has 0 aromatic heterocycles. The number of carboxylic acids is 1. The zero-order valence-electron chi connectivity index (χ0n) is 8.89. The predicted molar refractivity (Wildman–Crippen MR) is 52.7 cm³/mol. The Morgan fingerprint density at radius 3 is 2.44 bits per heavy atom. The summed E-state index contributed by atoms with van der Waals surface area (Å²) < 4.78 is 4.69. The normalized spacial score (nSPS) is 22.7. The Kier molecular flexibility index (Phi) is 2.86. The van der Waals surface area contributed by atoms with Crippen LogP contribution in [0.15, 0.2) is 0 Å². The lowest BCUT2D eigenvalue weighted by atomic mass is 9.89. The molecule has 0 bridgehead atoms. The number of hydrogen-bond acceptors (Lipinski definition) is 4. The first kappa shape index (κ1) is 11.3. The first-order valence-corrected chi connectivity index (χ1v) is 5.31. The van der Waals surface area contributed by atoms with Crippen molar-refractivity contribution in [3.05, 3.63) is 0 Å². The smallest absolute Gasteiger partial charge is 0.329 e. The Labute approximate surface area is 92.8 Å². The number of ether oxygens (including phenoxy) is 1. The Morgan fingerprint density at radius 2 is 1.94 bits per heavy atom. The van der Waals surface area contributed by atoms with Crippen LogP contribution in [0.25, 0.3) is 0 Å². The highest BCUT2D eigenvalue weighted by molar-refractivity contribution is 5.79. The molecule has 0 aromatic carbocycles. The van der Waals surface area contributed by atoms with E-state index < -0.39 is 18.2 Å². The van der Waals surface area contributed by atoms with E-state index in [4.69, 9.17) is 5.11 Å². The molecular formula is C10H15NO5. The van der Waals surface area contributed by atoms with Crippen LogP contribution in [0.2, 0.25) is 0 Å². The van der Waals surface area contributed by atoms with Crippen LogP contribution in [0.5, 0.6) is 0 Å². The van der Waals surface area contributed by atoms with Gasteiger partial charge in [-0.2, -0.15) is 0 Å². The zero-order chi connectivity index (χ0) is 11.8. The first-order valence-electron chi connectivity index (χ1n) is 5.31. The SMILES string of the molecule is O=C(O)COCC(=O)N1CC(O)(C2CC2)C1. The third-order valence-electron chi connectivity index (χ3n) is 3.07. The Balaban J connectivity index is 1.66. The van der Waals surface area contributed by atoms with Gasteiger partial charge in [-0.3, -0.25) is 4.79 Å². The molecule has 1 amide bonds. The summed E-state index contributed by atoms with van der Waals surface area (Å²) in [6.45, 7) is 0.0133. The summed E-state index contributed by atoms with van der Waals surface area (Å²) in [4.78, 5) is 23.1. The van der Waals surface area contributed by atoms with E-state index in [-0.39, 0.29) is 12.5 Å². The molecule has 6 heteroatoms. The van der Waals surface area contributed by atoms with Crippen LogP contribution < -0.4 is 0 Å². The monoisotopic (exact) mass is 229 g/mol. The number of carbonyl (C=O) groups excluding carboxylic acids is 1.